The van der Waals surface area contributed by atoms with Crippen LogP contribution in [-0.4, -0.2) is 27.9 Å². The highest BCUT2D eigenvalue weighted by Crippen LogP contribution is 2.15. The average Bonchev–Trinajstić information content (AvgIpc) is 2.35. The Kier molecular flexibility index (Phi) is 4.86. The highest BCUT2D eigenvalue weighted by atomic mass is 32.2. The molecule has 0 saturated heterocycles. The van der Waals surface area contributed by atoms with Crippen LogP contribution in [0, 0.1) is 6.92 Å². The first kappa shape index (κ1) is 14.7. The molecule has 0 fully saturated rings. The van der Waals surface area contributed by atoms with Crippen molar-refractivity contribution < 1.29 is 13.2 Å². The van der Waals surface area contributed by atoms with Gasteiger partial charge in [0.05, 0.1) is 4.90 Å². The zero-order valence-corrected chi connectivity index (χ0v) is 11.6. The van der Waals surface area contributed by atoms with Gasteiger partial charge in [0.2, 0.25) is 10.0 Å². The van der Waals surface area contributed by atoms with Crippen LogP contribution >= 0.6 is 0 Å². The van der Waals surface area contributed by atoms with Gasteiger partial charge in [-0.15, -0.1) is 0 Å². The number of benzene rings is 1. The quantitative estimate of drug-likeness (QED) is 0.839. The zero-order chi connectivity index (χ0) is 13.8. The van der Waals surface area contributed by atoms with Gasteiger partial charge in [0, 0.05) is 19.2 Å². The summed E-state index contributed by atoms with van der Waals surface area (Å²) in [7, 11) is -2.02. The fourth-order valence-electron chi connectivity index (χ4n) is 1.47. The van der Waals surface area contributed by atoms with Gasteiger partial charge in [-0.25, -0.2) is 13.1 Å². The van der Waals surface area contributed by atoms with Crippen molar-refractivity contribution in [3.63, 3.8) is 0 Å². The first-order chi connectivity index (χ1) is 8.42. The number of carbonyl (C=O) groups excluding carboxylic acids is 1. The third kappa shape index (κ3) is 3.30. The smallest absolute Gasteiger partial charge is 0.251 e. The molecule has 1 amide bonds. The van der Waals surface area contributed by atoms with Crippen molar-refractivity contribution in [2.45, 2.75) is 25.2 Å². The van der Waals surface area contributed by atoms with Crippen LogP contribution in [0.2, 0.25) is 0 Å². The van der Waals surface area contributed by atoms with E-state index in [9.17, 15) is 13.2 Å². The van der Waals surface area contributed by atoms with E-state index in [0.717, 1.165) is 5.56 Å². The van der Waals surface area contributed by atoms with E-state index < -0.39 is 10.0 Å². The maximum atomic E-state index is 11.9. The lowest BCUT2D eigenvalue weighted by Crippen LogP contribution is -2.25. The number of nitrogens with one attached hydrogen (secondary N) is 2. The lowest BCUT2D eigenvalue weighted by molar-refractivity contribution is 0.0962. The van der Waals surface area contributed by atoms with Gasteiger partial charge in [0.15, 0.2) is 0 Å². The molecule has 0 spiro atoms. The van der Waals surface area contributed by atoms with Gasteiger partial charge in [0.1, 0.15) is 0 Å². The molecule has 5 nitrogen and oxygen atoms in total. The van der Waals surface area contributed by atoms with E-state index in [0.29, 0.717) is 18.5 Å². The molecule has 100 valence electrons. The second-order valence-electron chi connectivity index (χ2n) is 3.95. The summed E-state index contributed by atoms with van der Waals surface area (Å²) in [6.07, 6.45) is 0.716. The lowest BCUT2D eigenvalue weighted by Gasteiger charge is -2.09. The summed E-state index contributed by atoms with van der Waals surface area (Å²) in [6.45, 7) is 4.03. The molecular formula is C12H18N2O3S. The van der Waals surface area contributed by atoms with E-state index in [1.165, 1.54) is 19.2 Å². The van der Waals surface area contributed by atoms with Crippen LogP contribution in [0.1, 0.15) is 29.3 Å². The summed E-state index contributed by atoms with van der Waals surface area (Å²) < 4.78 is 26.3. The average molecular weight is 270 g/mol. The van der Waals surface area contributed by atoms with Gasteiger partial charge in [-0.3, -0.25) is 4.79 Å². The van der Waals surface area contributed by atoms with E-state index in [1.807, 2.05) is 6.92 Å². The second-order valence-corrected chi connectivity index (χ2v) is 5.72. The summed E-state index contributed by atoms with van der Waals surface area (Å²) in [5.41, 5.74) is 1.11. The van der Waals surface area contributed by atoms with Crippen LogP contribution in [0.25, 0.3) is 0 Å². The van der Waals surface area contributed by atoms with Gasteiger partial charge >= 0.3 is 0 Å². The minimum absolute atomic E-state index is 0.111. The van der Waals surface area contributed by atoms with E-state index in [1.54, 1.807) is 13.0 Å². The summed E-state index contributed by atoms with van der Waals surface area (Å²) in [5, 5.41) is 2.49. The minimum atomic E-state index is -3.53. The van der Waals surface area contributed by atoms with E-state index >= 15 is 0 Å². The van der Waals surface area contributed by atoms with Gasteiger partial charge in [-0.05, 0) is 31.0 Å². The SMILES string of the molecule is CCCNS(=O)(=O)c1ccc(C)c(C(=O)NC)c1. The van der Waals surface area contributed by atoms with Crippen molar-refractivity contribution in [2.75, 3.05) is 13.6 Å². The maximum Gasteiger partial charge on any atom is 0.251 e. The normalized spacial score (nSPS) is 11.3. The second kappa shape index (κ2) is 5.97. The van der Waals surface area contributed by atoms with Crippen molar-refractivity contribution >= 4 is 15.9 Å². The molecule has 0 aliphatic carbocycles. The standard InChI is InChI=1S/C12H18N2O3S/c1-4-7-14-18(16,17)10-6-5-9(2)11(8-10)12(15)13-3/h5-6,8,14H,4,7H2,1-3H3,(H,13,15). The number of sulfonamides is 1. The molecule has 0 saturated carbocycles. The Balaban J connectivity index is 3.16. The monoisotopic (exact) mass is 270 g/mol. The molecule has 18 heavy (non-hydrogen) atoms. The highest BCUT2D eigenvalue weighted by molar-refractivity contribution is 7.89. The van der Waals surface area contributed by atoms with Gasteiger partial charge < -0.3 is 5.32 Å². The molecular weight excluding hydrogens is 252 g/mol. The van der Waals surface area contributed by atoms with E-state index in [2.05, 4.69) is 10.0 Å². The Labute approximate surface area is 108 Å². The van der Waals surface area contributed by atoms with Crippen molar-refractivity contribution in [1.29, 1.82) is 0 Å². The van der Waals surface area contributed by atoms with Crippen molar-refractivity contribution in [1.82, 2.24) is 10.0 Å². The van der Waals surface area contributed by atoms with Crippen LogP contribution in [0.15, 0.2) is 23.1 Å². The van der Waals surface area contributed by atoms with Crippen molar-refractivity contribution in [2.24, 2.45) is 0 Å². The number of carbonyl (C=O) groups is 1. The third-order valence-electron chi connectivity index (χ3n) is 2.53. The molecule has 6 heteroatoms. The first-order valence-electron chi connectivity index (χ1n) is 5.74. The molecule has 0 radical (unpaired) electrons. The molecule has 1 aromatic carbocycles. The molecule has 0 aromatic heterocycles. The Morgan fingerprint density at radius 1 is 1.33 bits per heavy atom. The topological polar surface area (TPSA) is 75.3 Å². The molecule has 0 bridgehead atoms. The predicted octanol–water partition coefficient (Wildman–Crippen LogP) is 1.04. The van der Waals surface area contributed by atoms with Gasteiger partial charge in [-0.1, -0.05) is 13.0 Å². The molecule has 0 unspecified atom stereocenters. The highest BCUT2D eigenvalue weighted by Gasteiger charge is 2.16. The Hall–Kier alpha value is -1.40. The first-order valence-corrected chi connectivity index (χ1v) is 7.23. The van der Waals surface area contributed by atoms with Crippen LogP contribution in [-0.2, 0) is 10.0 Å². The summed E-state index contributed by atoms with van der Waals surface area (Å²) in [5.74, 6) is -0.292. The lowest BCUT2D eigenvalue weighted by atomic mass is 10.1. The molecule has 0 atom stereocenters. The van der Waals surface area contributed by atoms with Crippen LogP contribution in [0.3, 0.4) is 0 Å². The van der Waals surface area contributed by atoms with Gasteiger partial charge in [0.25, 0.3) is 5.91 Å². The van der Waals surface area contributed by atoms with Gasteiger partial charge in [-0.2, -0.15) is 0 Å². The third-order valence-corrected chi connectivity index (χ3v) is 3.99. The van der Waals surface area contributed by atoms with Crippen LogP contribution in [0.5, 0.6) is 0 Å². The fraction of sp³-hybridized carbons (Fsp3) is 0.417. The number of hydrogen-bond acceptors (Lipinski definition) is 3. The summed E-state index contributed by atoms with van der Waals surface area (Å²) in [6, 6.07) is 4.52. The molecule has 2 N–H and O–H groups in total. The number of rotatable bonds is 5. The number of aryl methyl sites for hydroxylation is 1. The largest absolute Gasteiger partial charge is 0.355 e. The molecule has 0 aliphatic heterocycles. The molecule has 1 aromatic rings. The van der Waals surface area contributed by atoms with Crippen molar-refractivity contribution in [3.05, 3.63) is 29.3 Å². The zero-order valence-electron chi connectivity index (χ0n) is 10.8. The van der Waals surface area contributed by atoms with Crippen molar-refractivity contribution in [3.8, 4) is 0 Å². The Bertz CT molecular complexity index is 538. The predicted molar refractivity (Wildman–Crippen MR) is 70.0 cm³/mol. The Morgan fingerprint density at radius 3 is 2.56 bits per heavy atom. The molecule has 1 rings (SSSR count). The van der Waals surface area contributed by atoms with E-state index in [4.69, 9.17) is 0 Å². The maximum absolute atomic E-state index is 11.9. The molecule has 0 aliphatic rings. The Morgan fingerprint density at radius 2 is 2.00 bits per heavy atom. The minimum Gasteiger partial charge on any atom is -0.355 e. The van der Waals surface area contributed by atoms with Crippen LogP contribution < -0.4 is 10.0 Å². The summed E-state index contributed by atoms with van der Waals surface area (Å²) in [4.78, 5) is 11.7. The summed E-state index contributed by atoms with van der Waals surface area (Å²) >= 11 is 0. The molecule has 0 heterocycles. The fourth-order valence-corrected chi connectivity index (χ4v) is 2.63. The number of hydrogen-bond donors (Lipinski definition) is 2. The van der Waals surface area contributed by atoms with E-state index in [-0.39, 0.29) is 10.8 Å². The number of amides is 1. The van der Waals surface area contributed by atoms with Crippen LogP contribution in [0.4, 0.5) is 0 Å².